The molecule has 6 heteroatoms. The molecule has 128 valence electrons. The summed E-state index contributed by atoms with van der Waals surface area (Å²) in [6, 6.07) is 12.2. The number of non-ortho nitro benzene ring substituents is 1. The molecule has 0 aromatic heterocycles. The van der Waals surface area contributed by atoms with Crippen LogP contribution in [0.25, 0.3) is 0 Å². The van der Waals surface area contributed by atoms with Gasteiger partial charge in [0, 0.05) is 30.8 Å². The molecule has 1 unspecified atom stereocenters. The van der Waals surface area contributed by atoms with Crippen LogP contribution < -0.4 is 10.1 Å². The Morgan fingerprint density at radius 1 is 1.29 bits per heavy atom. The van der Waals surface area contributed by atoms with Crippen LogP contribution in [-0.2, 0) is 6.54 Å². The number of benzene rings is 2. The van der Waals surface area contributed by atoms with Crippen molar-refractivity contribution in [3.8, 4) is 5.75 Å². The van der Waals surface area contributed by atoms with Crippen molar-refractivity contribution in [3.63, 3.8) is 0 Å². The van der Waals surface area contributed by atoms with Gasteiger partial charge in [-0.05, 0) is 25.5 Å². The van der Waals surface area contributed by atoms with Crippen LogP contribution in [0.15, 0.2) is 42.5 Å². The Balaban J connectivity index is 2.02. The summed E-state index contributed by atoms with van der Waals surface area (Å²) in [7, 11) is 0. The highest BCUT2D eigenvalue weighted by Crippen LogP contribution is 2.24. The average molecular weight is 330 g/mol. The fourth-order valence-electron chi connectivity index (χ4n) is 2.45. The molecule has 0 amide bonds. The van der Waals surface area contributed by atoms with E-state index in [1.165, 1.54) is 12.1 Å². The lowest BCUT2D eigenvalue weighted by Gasteiger charge is -2.14. The standard InChI is InChI=1S/C18H22N2O4/c1-3-24-18-8-7-16(20(22)23)10-15(18)11-19-12-17(21)14-6-4-5-13(2)9-14/h4-10,17,19,21H,3,11-12H2,1-2H3. The van der Waals surface area contributed by atoms with Crippen molar-refractivity contribution in [1.82, 2.24) is 5.32 Å². The summed E-state index contributed by atoms with van der Waals surface area (Å²) < 4.78 is 5.50. The molecule has 0 bridgehead atoms. The van der Waals surface area contributed by atoms with Gasteiger partial charge >= 0.3 is 0 Å². The fraction of sp³-hybridized carbons (Fsp3) is 0.333. The minimum atomic E-state index is -0.640. The van der Waals surface area contributed by atoms with E-state index < -0.39 is 11.0 Å². The predicted octanol–water partition coefficient (Wildman–Crippen LogP) is 3.13. The third kappa shape index (κ3) is 4.78. The van der Waals surface area contributed by atoms with E-state index in [0.717, 1.165) is 11.1 Å². The second-order valence-corrected chi connectivity index (χ2v) is 5.54. The van der Waals surface area contributed by atoms with Gasteiger partial charge in [-0.25, -0.2) is 0 Å². The molecule has 0 fully saturated rings. The van der Waals surface area contributed by atoms with Gasteiger partial charge in [-0.15, -0.1) is 0 Å². The molecule has 0 saturated heterocycles. The molecule has 6 nitrogen and oxygen atoms in total. The summed E-state index contributed by atoms with van der Waals surface area (Å²) in [6.07, 6.45) is -0.640. The van der Waals surface area contributed by atoms with E-state index in [1.54, 1.807) is 6.07 Å². The van der Waals surface area contributed by atoms with Crippen molar-refractivity contribution in [2.24, 2.45) is 0 Å². The van der Waals surface area contributed by atoms with E-state index in [9.17, 15) is 15.2 Å². The first-order chi connectivity index (χ1) is 11.5. The largest absolute Gasteiger partial charge is 0.494 e. The van der Waals surface area contributed by atoms with Crippen LogP contribution >= 0.6 is 0 Å². The molecular formula is C18H22N2O4. The molecule has 24 heavy (non-hydrogen) atoms. The number of hydrogen-bond donors (Lipinski definition) is 2. The van der Waals surface area contributed by atoms with E-state index in [4.69, 9.17) is 4.74 Å². The zero-order chi connectivity index (χ0) is 17.5. The highest BCUT2D eigenvalue weighted by molar-refractivity contribution is 5.43. The van der Waals surface area contributed by atoms with Gasteiger partial charge in [0.05, 0.1) is 17.6 Å². The number of nitro groups is 1. The summed E-state index contributed by atoms with van der Waals surface area (Å²) in [5.74, 6) is 0.612. The summed E-state index contributed by atoms with van der Waals surface area (Å²) in [4.78, 5) is 10.5. The third-order valence-electron chi connectivity index (χ3n) is 3.63. The molecule has 2 rings (SSSR count). The number of ether oxygens (including phenoxy) is 1. The Kier molecular flexibility index (Phi) is 6.28. The molecule has 0 aliphatic rings. The van der Waals surface area contributed by atoms with Gasteiger partial charge in [-0.2, -0.15) is 0 Å². The fourth-order valence-corrected chi connectivity index (χ4v) is 2.45. The summed E-state index contributed by atoms with van der Waals surface area (Å²) >= 11 is 0. The Morgan fingerprint density at radius 3 is 2.75 bits per heavy atom. The lowest BCUT2D eigenvalue weighted by atomic mass is 10.1. The summed E-state index contributed by atoms with van der Waals surface area (Å²) in [5.41, 5.74) is 2.65. The Labute approximate surface area is 141 Å². The maximum absolute atomic E-state index is 10.9. The van der Waals surface area contributed by atoms with E-state index >= 15 is 0 Å². The van der Waals surface area contributed by atoms with Gasteiger partial charge in [0.25, 0.3) is 5.69 Å². The van der Waals surface area contributed by atoms with Crippen LogP contribution in [0.3, 0.4) is 0 Å². The highest BCUT2D eigenvalue weighted by atomic mass is 16.6. The number of aliphatic hydroxyl groups is 1. The van der Waals surface area contributed by atoms with E-state index in [2.05, 4.69) is 5.32 Å². The number of rotatable bonds is 8. The Bertz CT molecular complexity index is 703. The summed E-state index contributed by atoms with van der Waals surface area (Å²) in [5, 5.41) is 24.3. The lowest BCUT2D eigenvalue weighted by Crippen LogP contribution is -2.21. The van der Waals surface area contributed by atoms with Gasteiger partial charge in [0.1, 0.15) is 5.75 Å². The number of nitrogens with one attached hydrogen (secondary N) is 1. The maximum Gasteiger partial charge on any atom is 0.270 e. The van der Waals surface area contributed by atoms with Crippen molar-refractivity contribution in [1.29, 1.82) is 0 Å². The van der Waals surface area contributed by atoms with Crippen molar-refractivity contribution in [3.05, 3.63) is 69.3 Å². The van der Waals surface area contributed by atoms with Crippen LogP contribution in [-0.4, -0.2) is 23.2 Å². The zero-order valence-corrected chi connectivity index (χ0v) is 13.9. The molecule has 2 aromatic carbocycles. The molecule has 0 heterocycles. The predicted molar refractivity (Wildman–Crippen MR) is 92.1 cm³/mol. The molecular weight excluding hydrogens is 308 g/mol. The number of nitrogens with zero attached hydrogens (tertiary/aromatic N) is 1. The molecule has 0 aliphatic carbocycles. The van der Waals surface area contributed by atoms with Crippen LogP contribution in [0.4, 0.5) is 5.69 Å². The van der Waals surface area contributed by atoms with Crippen LogP contribution in [0.2, 0.25) is 0 Å². The Hall–Kier alpha value is -2.44. The minimum absolute atomic E-state index is 0.0227. The van der Waals surface area contributed by atoms with Gasteiger partial charge in [0.15, 0.2) is 0 Å². The normalized spacial score (nSPS) is 12.0. The first-order valence-electron chi connectivity index (χ1n) is 7.86. The Morgan fingerprint density at radius 2 is 2.08 bits per heavy atom. The summed E-state index contributed by atoms with van der Waals surface area (Å²) in [6.45, 7) is 5.04. The monoisotopic (exact) mass is 330 g/mol. The van der Waals surface area contributed by atoms with E-state index in [-0.39, 0.29) is 5.69 Å². The van der Waals surface area contributed by atoms with Gasteiger partial charge in [0.2, 0.25) is 0 Å². The molecule has 2 N–H and O–H groups in total. The molecule has 2 aromatic rings. The average Bonchev–Trinajstić information content (AvgIpc) is 2.56. The zero-order valence-electron chi connectivity index (χ0n) is 13.9. The molecule has 0 aliphatic heterocycles. The topological polar surface area (TPSA) is 84.6 Å². The second kappa shape index (κ2) is 8.42. The van der Waals surface area contributed by atoms with Crippen LogP contribution in [0, 0.1) is 17.0 Å². The van der Waals surface area contributed by atoms with Crippen molar-refractivity contribution >= 4 is 5.69 Å². The van der Waals surface area contributed by atoms with Crippen LogP contribution in [0.1, 0.15) is 29.7 Å². The number of aliphatic hydroxyl groups excluding tert-OH is 1. The van der Waals surface area contributed by atoms with Crippen molar-refractivity contribution in [2.45, 2.75) is 26.5 Å². The number of aryl methyl sites for hydroxylation is 1. The van der Waals surface area contributed by atoms with Gasteiger partial charge in [-0.1, -0.05) is 29.8 Å². The SMILES string of the molecule is CCOc1ccc([N+](=O)[O-])cc1CNCC(O)c1cccc(C)c1. The molecule has 1 atom stereocenters. The van der Waals surface area contributed by atoms with Crippen molar-refractivity contribution < 1.29 is 14.8 Å². The second-order valence-electron chi connectivity index (χ2n) is 5.54. The minimum Gasteiger partial charge on any atom is -0.494 e. The molecule has 0 spiro atoms. The van der Waals surface area contributed by atoms with Gasteiger partial charge in [-0.3, -0.25) is 10.1 Å². The highest BCUT2D eigenvalue weighted by Gasteiger charge is 2.13. The lowest BCUT2D eigenvalue weighted by molar-refractivity contribution is -0.384. The maximum atomic E-state index is 10.9. The van der Waals surface area contributed by atoms with Crippen molar-refractivity contribution in [2.75, 3.05) is 13.2 Å². The third-order valence-corrected chi connectivity index (χ3v) is 3.63. The van der Waals surface area contributed by atoms with Crippen LogP contribution in [0.5, 0.6) is 5.75 Å². The molecule has 0 radical (unpaired) electrons. The number of nitro benzene ring substituents is 1. The first kappa shape index (κ1) is 17.9. The smallest absolute Gasteiger partial charge is 0.270 e. The molecule has 0 saturated carbocycles. The van der Waals surface area contributed by atoms with Gasteiger partial charge < -0.3 is 15.2 Å². The van der Waals surface area contributed by atoms with E-state index in [1.807, 2.05) is 38.1 Å². The first-order valence-corrected chi connectivity index (χ1v) is 7.86. The number of hydrogen-bond acceptors (Lipinski definition) is 5. The quantitative estimate of drug-likeness (QED) is 0.574. The van der Waals surface area contributed by atoms with E-state index in [0.29, 0.717) is 31.0 Å².